The molecule has 3 heteroatoms. The molecule has 104 valence electrons. The lowest BCUT2D eigenvalue weighted by Crippen LogP contribution is -2.25. The first-order valence-electron chi connectivity index (χ1n) is 7.48. The highest BCUT2D eigenvalue weighted by Gasteiger charge is 2.15. The number of nitrogens with zero attached hydrogens (tertiary/aromatic N) is 2. The Morgan fingerprint density at radius 1 is 1.11 bits per heavy atom. The van der Waals surface area contributed by atoms with Gasteiger partial charge in [0, 0.05) is 0 Å². The molecule has 0 spiro atoms. The highest BCUT2D eigenvalue weighted by Crippen LogP contribution is 2.21. The fraction of sp³-hybridized carbons (Fsp3) is 0.933. The van der Waals surface area contributed by atoms with Gasteiger partial charge in [0.25, 0.3) is 0 Å². The molecule has 0 aromatic heterocycles. The topological polar surface area (TPSA) is 39.1 Å². The van der Waals surface area contributed by atoms with Gasteiger partial charge in [0.05, 0.1) is 11.5 Å². The molecule has 1 aliphatic rings. The Morgan fingerprint density at radius 3 is 2.44 bits per heavy atom. The number of hydrogen-bond acceptors (Lipinski definition) is 3. The van der Waals surface area contributed by atoms with E-state index in [0.29, 0.717) is 0 Å². The van der Waals surface area contributed by atoms with Gasteiger partial charge in [0.1, 0.15) is 0 Å². The number of nitriles is 1. The van der Waals surface area contributed by atoms with Crippen LogP contribution in [0.2, 0.25) is 0 Å². The average molecular weight is 251 g/mol. The van der Waals surface area contributed by atoms with Gasteiger partial charge in [-0.05, 0) is 78.7 Å². The molecule has 1 saturated heterocycles. The van der Waals surface area contributed by atoms with Gasteiger partial charge in [0.2, 0.25) is 0 Å². The minimum absolute atomic E-state index is 0.143. The van der Waals surface area contributed by atoms with Crippen molar-refractivity contribution in [3.05, 3.63) is 0 Å². The minimum atomic E-state index is -0.143. The van der Waals surface area contributed by atoms with Crippen LogP contribution in [0.1, 0.15) is 52.4 Å². The molecule has 0 bridgehead atoms. The standard InChI is InChI=1S/C15H29N3/c1-15(2,14-16)8-3-4-9-17-10-7-13-18-11-5-6-12-18/h17H,3-13H2,1-2H3. The first-order chi connectivity index (χ1) is 8.64. The van der Waals surface area contributed by atoms with E-state index in [4.69, 9.17) is 5.26 Å². The molecule has 1 rings (SSSR count). The van der Waals surface area contributed by atoms with E-state index in [9.17, 15) is 0 Å². The van der Waals surface area contributed by atoms with Crippen LogP contribution < -0.4 is 5.32 Å². The maximum atomic E-state index is 8.90. The van der Waals surface area contributed by atoms with E-state index in [-0.39, 0.29) is 5.41 Å². The van der Waals surface area contributed by atoms with Crippen molar-refractivity contribution in [1.82, 2.24) is 10.2 Å². The Hall–Kier alpha value is -0.590. The summed E-state index contributed by atoms with van der Waals surface area (Å²) in [6, 6.07) is 2.36. The van der Waals surface area contributed by atoms with Crippen LogP contribution in [-0.2, 0) is 0 Å². The van der Waals surface area contributed by atoms with E-state index in [1.165, 1.54) is 45.3 Å². The molecular formula is C15H29N3. The zero-order valence-corrected chi connectivity index (χ0v) is 12.2. The van der Waals surface area contributed by atoms with E-state index in [2.05, 4.69) is 16.3 Å². The van der Waals surface area contributed by atoms with Gasteiger partial charge >= 0.3 is 0 Å². The molecule has 0 unspecified atom stereocenters. The molecule has 1 heterocycles. The first-order valence-corrected chi connectivity index (χ1v) is 7.48. The molecule has 1 fully saturated rings. The highest BCUT2D eigenvalue weighted by atomic mass is 15.1. The largest absolute Gasteiger partial charge is 0.317 e. The summed E-state index contributed by atoms with van der Waals surface area (Å²) >= 11 is 0. The Kier molecular flexibility index (Phi) is 7.31. The summed E-state index contributed by atoms with van der Waals surface area (Å²) in [5.41, 5.74) is -0.143. The van der Waals surface area contributed by atoms with Crippen molar-refractivity contribution >= 4 is 0 Å². The first kappa shape index (κ1) is 15.5. The molecule has 1 N–H and O–H groups in total. The fourth-order valence-electron chi connectivity index (χ4n) is 2.43. The second-order valence-corrected chi connectivity index (χ2v) is 6.11. The molecule has 1 aliphatic heterocycles. The van der Waals surface area contributed by atoms with E-state index >= 15 is 0 Å². The Bertz CT molecular complexity index is 249. The molecule has 0 aromatic carbocycles. The Morgan fingerprint density at radius 2 is 1.78 bits per heavy atom. The van der Waals surface area contributed by atoms with Crippen molar-refractivity contribution < 1.29 is 0 Å². The van der Waals surface area contributed by atoms with E-state index < -0.39 is 0 Å². The van der Waals surface area contributed by atoms with Gasteiger partial charge in [-0.15, -0.1) is 0 Å². The van der Waals surface area contributed by atoms with Crippen LogP contribution in [0.25, 0.3) is 0 Å². The van der Waals surface area contributed by atoms with Crippen LogP contribution in [0, 0.1) is 16.7 Å². The number of likely N-dealkylation sites (tertiary alicyclic amines) is 1. The lowest BCUT2D eigenvalue weighted by molar-refractivity contribution is 0.330. The SMILES string of the molecule is CC(C)(C#N)CCCCNCCCN1CCCC1. The second kappa shape index (κ2) is 8.50. The van der Waals surface area contributed by atoms with Gasteiger partial charge in [-0.25, -0.2) is 0 Å². The van der Waals surface area contributed by atoms with Crippen LogP contribution >= 0.6 is 0 Å². The van der Waals surface area contributed by atoms with Crippen LogP contribution in [0.3, 0.4) is 0 Å². The van der Waals surface area contributed by atoms with Crippen molar-refractivity contribution in [1.29, 1.82) is 5.26 Å². The summed E-state index contributed by atoms with van der Waals surface area (Å²) in [4.78, 5) is 2.57. The third-order valence-electron chi connectivity index (χ3n) is 3.73. The summed E-state index contributed by atoms with van der Waals surface area (Å²) in [6.45, 7) is 10.2. The summed E-state index contributed by atoms with van der Waals surface area (Å²) in [5.74, 6) is 0. The lowest BCUT2D eigenvalue weighted by Gasteiger charge is -2.15. The average Bonchev–Trinajstić information content (AvgIpc) is 2.85. The normalized spacial score (nSPS) is 16.9. The number of nitrogens with one attached hydrogen (secondary N) is 1. The van der Waals surface area contributed by atoms with Gasteiger partial charge in [0.15, 0.2) is 0 Å². The zero-order valence-electron chi connectivity index (χ0n) is 12.2. The maximum Gasteiger partial charge on any atom is 0.0683 e. The molecule has 0 saturated carbocycles. The van der Waals surface area contributed by atoms with Gasteiger partial charge < -0.3 is 10.2 Å². The van der Waals surface area contributed by atoms with Crippen molar-refractivity contribution in [2.24, 2.45) is 5.41 Å². The maximum absolute atomic E-state index is 8.90. The van der Waals surface area contributed by atoms with Crippen molar-refractivity contribution in [3.8, 4) is 6.07 Å². The molecule has 3 nitrogen and oxygen atoms in total. The van der Waals surface area contributed by atoms with Crippen LogP contribution in [-0.4, -0.2) is 37.6 Å². The zero-order chi connectivity index (χ0) is 13.3. The predicted molar refractivity (Wildman–Crippen MR) is 76.4 cm³/mol. The number of unbranched alkanes of at least 4 members (excludes halogenated alkanes) is 1. The Labute approximate surface area is 113 Å². The van der Waals surface area contributed by atoms with Crippen molar-refractivity contribution in [2.45, 2.75) is 52.4 Å². The summed E-state index contributed by atoms with van der Waals surface area (Å²) in [6.07, 6.45) is 7.40. The van der Waals surface area contributed by atoms with E-state index in [1.54, 1.807) is 0 Å². The summed E-state index contributed by atoms with van der Waals surface area (Å²) in [7, 11) is 0. The molecule has 0 radical (unpaired) electrons. The van der Waals surface area contributed by atoms with Crippen molar-refractivity contribution in [3.63, 3.8) is 0 Å². The molecule has 0 aliphatic carbocycles. The third kappa shape index (κ3) is 6.98. The second-order valence-electron chi connectivity index (χ2n) is 6.11. The van der Waals surface area contributed by atoms with Gasteiger partial charge in [-0.3, -0.25) is 0 Å². The van der Waals surface area contributed by atoms with Crippen molar-refractivity contribution in [2.75, 3.05) is 32.7 Å². The monoisotopic (exact) mass is 251 g/mol. The molecular weight excluding hydrogens is 222 g/mol. The predicted octanol–water partition coefficient (Wildman–Crippen LogP) is 2.78. The minimum Gasteiger partial charge on any atom is -0.317 e. The number of hydrogen-bond donors (Lipinski definition) is 1. The number of rotatable bonds is 9. The van der Waals surface area contributed by atoms with Gasteiger partial charge in [-0.1, -0.05) is 6.42 Å². The third-order valence-corrected chi connectivity index (χ3v) is 3.73. The summed E-state index contributed by atoms with van der Waals surface area (Å²) < 4.78 is 0. The fourth-order valence-corrected chi connectivity index (χ4v) is 2.43. The Balaban J connectivity index is 1.83. The van der Waals surface area contributed by atoms with E-state index in [1.807, 2.05) is 13.8 Å². The van der Waals surface area contributed by atoms with Gasteiger partial charge in [-0.2, -0.15) is 5.26 Å². The molecule has 0 amide bonds. The highest BCUT2D eigenvalue weighted by molar-refractivity contribution is 4.91. The van der Waals surface area contributed by atoms with E-state index in [0.717, 1.165) is 25.9 Å². The van der Waals surface area contributed by atoms with Crippen LogP contribution in [0.5, 0.6) is 0 Å². The lowest BCUT2D eigenvalue weighted by atomic mass is 9.89. The molecule has 18 heavy (non-hydrogen) atoms. The molecule has 0 atom stereocenters. The quantitative estimate of drug-likeness (QED) is 0.640. The van der Waals surface area contributed by atoms with Crippen LogP contribution in [0.15, 0.2) is 0 Å². The smallest absolute Gasteiger partial charge is 0.0683 e. The van der Waals surface area contributed by atoms with Crippen LogP contribution in [0.4, 0.5) is 0 Å². The molecule has 0 aromatic rings. The summed E-state index contributed by atoms with van der Waals surface area (Å²) in [5, 5.41) is 12.4.